The molecule has 0 amide bonds. The van der Waals surface area contributed by atoms with Crippen molar-refractivity contribution in [3.63, 3.8) is 0 Å². The van der Waals surface area contributed by atoms with Crippen LogP contribution in [0.2, 0.25) is 5.02 Å². The number of aromatic nitrogens is 1. The summed E-state index contributed by atoms with van der Waals surface area (Å²) >= 11 is 5.73. The average Bonchev–Trinajstić information content (AvgIpc) is 2.24. The Hall–Kier alpha value is -0.890. The molecule has 0 aliphatic carbocycles. The van der Waals surface area contributed by atoms with Crippen LogP contribution in [0.25, 0.3) is 10.9 Å². The number of aromatic amines is 1. The monoisotopic (exact) mass is 357 g/mol. The Kier molecular flexibility index (Phi) is 3.75. The Morgan fingerprint density at radius 2 is 1.80 bits per heavy atom. The van der Waals surface area contributed by atoms with E-state index in [4.69, 9.17) is 32.1 Å². The molecule has 1 aromatic carbocycles. The largest absolute Gasteiger partial charge is 0.361 e. The van der Waals surface area contributed by atoms with Crippen LogP contribution in [0.15, 0.2) is 27.9 Å². The number of halogens is 2. The van der Waals surface area contributed by atoms with E-state index in [-0.39, 0.29) is 15.9 Å². The molecule has 3 N–H and O–H groups in total. The maximum atomic E-state index is 11.5. The summed E-state index contributed by atoms with van der Waals surface area (Å²) < 4.78 is 33.8. The average molecular weight is 358 g/mol. The van der Waals surface area contributed by atoms with Crippen molar-refractivity contribution in [2.75, 3.05) is 0 Å². The number of hydrogen-bond donors (Lipinski definition) is 3. The summed E-state index contributed by atoms with van der Waals surface area (Å²) in [6.45, 7) is 0. The lowest BCUT2D eigenvalue weighted by atomic mass is 10.2. The molecule has 108 valence electrons. The van der Waals surface area contributed by atoms with E-state index in [0.29, 0.717) is 0 Å². The summed E-state index contributed by atoms with van der Waals surface area (Å²) in [6.07, 6.45) is 0. The van der Waals surface area contributed by atoms with Gasteiger partial charge in [-0.3, -0.25) is 9.36 Å². The molecule has 0 fully saturated rings. The predicted molar refractivity (Wildman–Crippen MR) is 74.3 cm³/mol. The maximum Gasteiger partial charge on any atom is 0.361 e. The zero-order valence-corrected chi connectivity index (χ0v) is 12.6. The van der Waals surface area contributed by atoms with Crippen LogP contribution in [0.1, 0.15) is 0 Å². The molecule has 1 heterocycles. The van der Waals surface area contributed by atoms with Crippen molar-refractivity contribution in [2.24, 2.45) is 0 Å². The first-order valence-electron chi connectivity index (χ1n) is 4.87. The zero-order chi connectivity index (χ0) is 15.3. The zero-order valence-electron chi connectivity index (χ0n) is 9.37. The van der Waals surface area contributed by atoms with E-state index in [9.17, 15) is 17.8 Å². The van der Waals surface area contributed by atoms with Crippen LogP contribution < -0.4 is 10.9 Å². The van der Waals surface area contributed by atoms with Gasteiger partial charge in [0, 0.05) is 21.6 Å². The van der Waals surface area contributed by atoms with Gasteiger partial charge in [-0.05, 0) is 18.2 Å². The Bertz CT molecular complexity index is 916. The standard InChI is InChI=1S/C9H6Cl2NO6PS/c10-5-3-6-4(2-8(5)20(11,17)18)1-7(9(13)12-6)19(14,15)16/h1-3H,(H,12,13)(H2,14,15,16). The van der Waals surface area contributed by atoms with Gasteiger partial charge in [0.2, 0.25) is 0 Å². The molecular formula is C9H6Cl2NO6PS. The summed E-state index contributed by atoms with van der Waals surface area (Å²) in [5, 5.41) is -0.913. The topological polar surface area (TPSA) is 125 Å². The molecule has 2 rings (SSSR count). The summed E-state index contributed by atoms with van der Waals surface area (Å²) in [5.41, 5.74) is -0.857. The van der Waals surface area contributed by atoms with Crippen molar-refractivity contribution in [1.29, 1.82) is 0 Å². The molecule has 2 aromatic rings. The third kappa shape index (κ3) is 2.90. The van der Waals surface area contributed by atoms with Crippen LogP contribution in [0.5, 0.6) is 0 Å². The highest BCUT2D eigenvalue weighted by Gasteiger charge is 2.23. The van der Waals surface area contributed by atoms with E-state index in [2.05, 4.69) is 4.98 Å². The Balaban J connectivity index is 2.91. The van der Waals surface area contributed by atoms with Crippen LogP contribution in [-0.4, -0.2) is 23.2 Å². The van der Waals surface area contributed by atoms with Crippen molar-refractivity contribution in [1.82, 2.24) is 4.98 Å². The van der Waals surface area contributed by atoms with Gasteiger partial charge in [-0.2, -0.15) is 0 Å². The van der Waals surface area contributed by atoms with E-state index < -0.39 is 32.4 Å². The molecule has 20 heavy (non-hydrogen) atoms. The van der Waals surface area contributed by atoms with E-state index in [1.807, 2.05) is 0 Å². The lowest BCUT2D eigenvalue weighted by molar-refractivity contribution is 0.387. The fourth-order valence-electron chi connectivity index (χ4n) is 1.60. The molecule has 0 aliphatic rings. The van der Waals surface area contributed by atoms with Gasteiger partial charge in [-0.25, -0.2) is 8.42 Å². The first-order valence-corrected chi connectivity index (χ1v) is 9.17. The molecule has 1 aromatic heterocycles. The Morgan fingerprint density at radius 1 is 1.20 bits per heavy atom. The van der Waals surface area contributed by atoms with Crippen LogP contribution in [0.4, 0.5) is 0 Å². The minimum absolute atomic E-state index is 0.0755. The highest BCUT2D eigenvalue weighted by Crippen LogP contribution is 2.33. The normalized spacial score (nSPS) is 12.8. The first kappa shape index (κ1) is 15.5. The van der Waals surface area contributed by atoms with E-state index in [1.165, 1.54) is 0 Å². The molecule has 0 atom stereocenters. The molecule has 7 nitrogen and oxygen atoms in total. The molecule has 0 saturated heterocycles. The lowest BCUT2D eigenvalue weighted by Crippen LogP contribution is -2.26. The van der Waals surface area contributed by atoms with E-state index >= 15 is 0 Å². The SMILES string of the molecule is O=c1[nH]c2cc(Cl)c(S(=O)(=O)Cl)cc2cc1P(=O)(O)O. The van der Waals surface area contributed by atoms with Gasteiger partial charge in [0.05, 0.1) is 5.02 Å². The minimum Gasteiger partial charge on any atom is -0.321 e. The summed E-state index contributed by atoms with van der Waals surface area (Å²) in [4.78, 5) is 31.4. The summed E-state index contributed by atoms with van der Waals surface area (Å²) in [6, 6.07) is 3.06. The second-order valence-electron chi connectivity index (χ2n) is 3.84. The second-order valence-corrected chi connectivity index (χ2v) is 8.35. The van der Waals surface area contributed by atoms with Gasteiger partial charge in [0.1, 0.15) is 10.2 Å². The number of rotatable bonds is 2. The maximum absolute atomic E-state index is 11.5. The van der Waals surface area contributed by atoms with Gasteiger partial charge < -0.3 is 14.8 Å². The number of fused-ring (bicyclic) bond motifs is 1. The highest BCUT2D eigenvalue weighted by atomic mass is 35.7. The van der Waals surface area contributed by atoms with Crippen LogP contribution in [-0.2, 0) is 13.6 Å². The van der Waals surface area contributed by atoms with Gasteiger partial charge in [0.25, 0.3) is 14.6 Å². The third-order valence-corrected chi connectivity index (χ3v) is 5.20. The summed E-state index contributed by atoms with van der Waals surface area (Å²) in [7, 11) is -3.73. The second kappa shape index (κ2) is 4.84. The molecule has 0 radical (unpaired) electrons. The molecule has 0 aliphatic heterocycles. The van der Waals surface area contributed by atoms with Crippen molar-refractivity contribution < 1.29 is 22.8 Å². The number of hydrogen-bond acceptors (Lipinski definition) is 4. The van der Waals surface area contributed by atoms with Crippen molar-refractivity contribution in [2.45, 2.75) is 4.90 Å². The van der Waals surface area contributed by atoms with Crippen molar-refractivity contribution >= 4 is 55.1 Å². The van der Waals surface area contributed by atoms with Crippen LogP contribution >= 0.6 is 29.9 Å². The number of nitrogens with one attached hydrogen (secondary N) is 1. The fourth-order valence-corrected chi connectivity index (χ4v) is 3.76. The lowest BCUT2D eigenvalue weighted by Gasteiger charge is -2.07. The summed E-state index contributed by atoms with van der Waals surface area (Å²) in [5.74, 6) is 0. The first-order chi connectivity index (χ1) is 9.00. The highest BCUT2D eigenvalue weighted by molar-refractivity contribution is 8.13. The predicted octanol–water partition coefficient (Wildman–Crippen LogP) is 0.912. The third-order valence-electron chi connectivity index (χ3n) is 2.45. The molecule has 11 heteroatoms. The minimum atomic E-state index is -4.79. The Labute approximate surface area is 121 Å². The van der Waals surface area contributed by atoms with Crippen molar-refractivity contribution in [3.8, 4) is 0 Å². The Morgan fingerprint density at radius 3 is 2.30 bits per heavy atom. The number of benzene rings is 1. The number of H-pyrrole nitrogens is 1. The quantitative estimate of drug-likeness (QED) is 0.542. The number of pyridine rings is 1. The molecule has 0 saturated carbocycles. The molecule has 0 bridgehead atoms. The van der Waals surface area contributed by atoms with Crippen LogP contribution in [0, 0.1) is 0 Å². The van der Waals surface area contributed by atoms with Gasteiger partial charge in [0.15, 0.2) is 0 Å². The van der Waals surface area contributed by atoms with E-state index in [0.717, 1.165) is 18.2 Å². The van der Waals surface area contributed by atoms with E-state index in [1.54, 1.807) is 0 Å². The smallest absolute Gasteiger partial charge is 0.321 e. The molecular weight excluding hydrogens is 352 g/mol. The van der Waals surface area contributed by atoms with Gasteiger partial charge in [-0.15, -0.1) is 0 Å². The van der Waals surface area contributed by atoms with Crippen molar-refractivity contribution in [3.05, 3.63) is 33.6 Å². The fraction of sp³-hybridized carbons (Fsp3) is 0. The molecule has 0 unspecified atom stereocenters. The van der Waals surface area contributed by atoms with Crippen LogP contribution in [0.3, 0.4) is 0 Å². The molecule has 0 spiro atoms. The van der Waals surface area contributed by atoms with Gasteiger partial charge >= 0.3 is 7.60 Å². The van der Waals surface area contributed by atoms with Gasteiger partial charge in [-0.1, -0.05) is 11.6 Å².